The molecule has 0 aromatic heterocycles. The van der Waals surface area contributed by atoms with Gasteiger partial charge in [-0.2, -0.15) is 0 Å². The van der Waals surface area contributed by atoms with Crippen molar-refractivity contribution >= 4 is 22.9 Å². The molecule has 0 aliphatic carbocycles. The maximum atomic E-state index is 12.6. The van der Waals surface area contributed by atoms with Gasteiger partial charge in [0.05, 0.1) is 13.2 Å². The van der Waals surface area contributed by atoms with E-state index in [4.69, 9.17) is 0 Å². The number of hydroxylamine groups is 2. The summed E-state index contributed by atoms with van der Waals surface area (Å²) in [4.78, 5) is 13.4. The van der Waals surface area contributed by atoms with Crippen LogP contribution < -0.4 is 10.4 Å². The first-order chi connectivity index (χ1) is 15.6. The minimum Gasteiger partial charge on any atom is -0.623 e. The number of quaternary nitrogens is 1. The number of anilines is 2. The van der Waals surface area contributed by atoms with Crippen molar-refractivity contribution in [2.24, 2.45) is 0 Å². The van der Waals surface area contributed by atoms with Crippen molar-refractivity contribution in [3.05, 3.63) is 93.6 Å². The summed E-state index contributed by atoms with van der Waals surface area (Å²) in [5, 5.41) is 35.3. The zero-order valence-electron chi connectivity index (χ0n) is 19.3. The zero-order chi connectivity index (χ0) is 23.9. The first-order valence-electron chi connectivity index (χ1n) is 10.9. The van der Waals surface area contributed by atoms with E-state index in [2.05, 4.69) is 38.2 Å². The molecule has 2 aromatic rings. The molecule has 4 rings (SSSR count). The van der Waals surface area contributed by atoms with Crippen molar-refractivity contribution in [2.45, 2.75) is 32.8 Å². The van der Waals surface area contributed by atoms with E-state index < -0.39 is 11.0 Å². The van der Waals surface area contributed by atoms with Crippen LogP contribution in [0.15, 0.2) is 71.7 Å². The van der Waals surface area contributed by atoms with Gasteiger partial charge in [-0.1, -0.05) is 45.0 Å². The molecular formula is C26H29N3O4. The number of carbonyl (C=O) groups is 1. The van der Waals surface area contributed by atoms with E-state index in [-0.39, 0.29) is 17.7 Å². The molecule has 0 spiro atoms. The molecule has 0 saturated carbocycles. The molecule has 172 valence electrons. The van der Waals surface area contributed by atoms with Crippen LogP contribution in [-0.4, -0.2) is 34.7 Å². The minimum atomic E-state index is -1.23. The Hall–Kier alpha value is -3.39. The summed E-state index contributed by atoms with van der Waals surface area (Å²) in [5.41, 5.74) is 5.93. The standard InChI is InChI=1S/C26H29N3O4/c1-26(2,3)16-8-10-17(11-9-16)27-22-7-5-6-18(21(22)15-30)20-13-28(4)14-24-19(20)12-23(25(31)32)29(24)33/h5-13,27,29-30H,14-15H2,1-4H3,(H,31,32). The first-order valence-corrected chi connectivity index (χ1v) is 10.9. The predicted molar refractivity (Wildman–Crippen MR) is 128 cm³/mol. The summed E-state index contributed by atoms with van der Waals surface area (Å²) >= 11 is 0. The van der Waals surface area contributed by atoms with Crippen molar-refractivity contribution in [1.29, 1.82) is 0 Å². The number of likely N-dealkylation sites (N-methyl/N-ethyl adjacent to an activating group) is 1. The second-order valence-electron chi connectivity index (χ2n) is 9.48. The predicted octanol–water partition coefficient (Wildman–Crippen LogP) is 3.13. The topological polar surface area (TPSA) is 100 Å². The van der Waals surface area contributed by atoms with Gasteiger partial charge < -0.3 is 30.7 Å². The van der Waals surface area contributed by atoms with Gasteiger partial charge >= 0.3 is 5.97 Å². The number of aliphatic hydroxyl groups is 1. The molecule has 1 atom stereocenters. The highest BCUT2D eigenvalue weighted by molar-refractivity contribution is 5.92. The quantitative estimate of drug-likeness (QED) is 0.526. The minimum absolute atomic E-state index is 0.0562. The molecule has 33 heavy (non-hydrogen) atoms. The number of rotatable bonds is 5. The maximum absolute atomic E-state index is 12.6. The molecule has 1 unspecified atom stereocenters. The van der Waals surface area contributed by atoms with Gasteiger partial charge in [0.1, 0.15) is 5.70 Å². The van der Waals surface area contributed by atoms with Gasteiger partial charge in [0, 0.05) is 47.4 Å². The maximum Gasteiger partial charge on any atom is 0.391 e. The molecule has 0 bridgehead atoms. The summed E-state index contributed by atoms with van der Waals surface area (Å²) in [6.07, 6.45) is 3.34. The monoisotopic (exact) mass is 447 g/mol. The number of aliphatic hydroxyl groups excluding tert-OH is 1. The number of nitrogens with one attached hydrogen (secondary N) is 2. The fraction of sp³-hybridized carbons (Fsp3) is 0.269. The molecule has 7 heteroatoms. The molecule has 2 aliphatic heterocycles. The van der Waals surface area contributed by atoms with E-state index >= 15 is 0 Å². The van der Waals surface area contributed by atoms with Crippen LogP contribution in [-0.2, 0) is 16.8 Å². The summed E-state index contributed by atoms with van der Waals surface area (Å²) < 4.78 is 0. The van der Waals surface area contributed by atoms with Crippen molar-refractivity contribution in [3.63, 3.8) is 0 Å². The number of hydrogen-bond donors (Lipinski definition) is 4. The van der Waals surface area contributed by atoms with Crippen molar-refractivity contribution in [3.8, 4) is 0 Å². The summed E-state index contributed by atoms with van der Waals surface area (Å²) in [7, 11) is 1.84. The second-order valence-corrected chi connectivity index (χ2v) is 9.48. The highest BCUT2D eigenvalue weighted by Gasteiger charge is 2.35. The van der Waals surface area contributed by atoms with Crippen LogP contribution in [0, 0.1) is 5.21 Å². The Labute approximate surface area is 193 Å². The number of carboxylic acid groups (broad SMARTS) is 1. The number of nitrogens with zero attached hydrogens (tertiary/aromatic N) is 1. The highest BCUT2D eigenvalue weighted by atomic mass is 16.5. The normalized spacial score (nSPS) is 18.1. The van der Waals surface area contributed by atoms with Crippen LogP contribution in [0.5, 0.6) is 0 Å². The van der Waals surface area contributed by atoms with Crippen LogP contribution in [0.2, 0.25) is 0 Å². The van der Waals surface area contributed by atoms with Gasteiger partial charge in [0.2, 0.25) is 5.70 Å². The Morgan fingerprint density at radius 2 is 1.88 bits per heavy atom. The summed E-state index contributed by atoms with van der Waals surface area (Å²) in [5.74, 6) is -1.23. The van der Waals surface area contributed by atoms with Crippen molar-refractivity contribution in [2.75, 3.05) is 18.9 Å². The Morgan fingerprint density at radius 1 is 1.18 bits per heavy atom. The lowest BCUT2D eigenvalue weighted by Gasteiger charge is -2.29. The van der Waals surface area contributed by atoms with Gasteiger partial charge in [-0.05, 0) is 34.7 Å². The van der Waals surface area contributed by atoms with Crippen LogP contribution in [0.25, 0.3) is 5.57 Å². The van der Waals surface area contributed by atoms with Crippen LogP contribution in [0.1, 0.15) is 37.5 Å². The molecule has 0 saturated heterocycles. The molecule has 2 heterocycles. The van der Waals surface area contributed by atoms with Gasteiger partial charge in [0.15, 0.2) is 0 Å². The molecule has 0 amide bonds. The largest absolute Gasteiger partial charge is 0.623 e. The third kappa shape index (κ3) is 4.30. The Bertz CT molecular complexity index is 1190. The average molecular weight is 448 g/mol. The molecular weight excluding hydrogens is 418 g/mol. The van der Waals surface area contributed by atoms with E-state index in [9.17, 15) is 20.2 Å². The molecule has 4 N–H and O–H groups in total. The third-order valence-electron chi connectivity index (χ3n) is 6.06. The van der Waals surface area contributed by atoms with Crippen molar-refractivity contribution in [1.82, 2.24) is 4.90 Å². The smallest absolute Gasteiger partial charge is 0.391 e. The molecule has 0 fully saturated rings. The van der Waals surface area contributed by atoms with E-state index in [1.807, 2.05) is 48.5 Å². The lowest BCUT2D eigenvalue weighted by Crippen LogP contribution is -3.04. The molecule has 7 nitrogen and oxygen atoms in total. The van der Waals surface area contributed by atoms with Crippen molar-refractivity contribution < 1.29 is 20.1 Å². The third-order valence-corrected chi connectivity index (χ3v) is 6.06. The number of hydrogen-bond acceptors (Lipinski definition) is 5. The number of carboxylic acids is 1. The number of allylic oxidation sites excluding steroid dienone is 3. The fourth-order valence-corrected chi connectivity index (χ4v) is 4.27. The van der Waals surface area contributed by atoms with E-state index in [1.54, 1.807) is 0 Å². The zero-order valence-corrected chi connectivity index (χ0v) is 19.3. The number of aliphatic carboxylic acids is 1. The first kappa shape index (κ1) is 22.8. The summed E-state index contributed by atoms with van der Waals surface area (Å²) in [6, 6.07) is 13.9. The highest BCUT2D eigenvalue weighted by Crippen LogP contribution is 2.37. The Balaban J connectivity index is 1.73. The Kier molecular flexibility index (Phi) is 5.88. The van der Waals surface area contributed by atoms with Gasteiger partial charge in [-0.25, -0.2) is 4.79 Å². The fourth-order valence-electron chi connectivity index (χ4n) is 4.27. The van der Waals surface area contributed by atoms with Gasteiger partial charge in [-0.3, -0.25) is 0 Å². The van der Waals surface area contributed by atoms with Crippen LogP contribution in [0.3, 0.4) is 0 Å². The Morgan fingerprint density at radius 3 is 2.48 bits per heavy atom. The second kappa shape index (κ2) is 8.51. The molecule has 2 aliphatic rings. The lowest BCUT2D eigenvalue weighted by molar-refractivity contribution is -0.756. The summed E-state index contributed by atoms with van der Waals surface area (Å²) in [6.45, 7) is 6.62. The van der Waals surface area contributed by atoms with Crippen LogP contribution in [0.4, 0.5) is 11.4 Å². The molecule has 2 aromatic carbocycles. The van der Waals surface area contributed by atoms with Crippen LogP contribution >= 0.6 is 0 Å². The lowest BCUT2D eigenvalue weighted by atomic mass is 9.87. The van der Waals surface area contributed by atoms with E-state index in [0.29, 0.717) is 23.4 Å². The number of benzene rings is 2. The van der Waals surface area contributed by atoms with E-state index in [0.717, 1.165) is 22.5 Å². The van der Waals surface area contributed by atoms with Gasteiger partial charge in [-0.15, -0.1) is 0 Å². The van der Waals surface area contributed by atoms with Gasteiger partial charge in [0.25, 0.3) is 0 Å². The SMILES string of the molecule is CN1C=C(c2cccc(Nc3ccc(C(C)(C)C)cc3)c2CO)C2=C(C1)[NH+]([O-])C(C(=O)O)=C2. The molecule has 0 radical (unpaired) electrons. The van der Waals surface area contributed by atoms with E-state index in [1.165, 1.54) is 11.6 Å². The average Bonchev–Trinajstić information content (AvgIpc) is 3.09.